The van der Waals surface area contributed by atoms with Crippen LogP contribution in [0.5, 0.6) is 0 Å². The molecule has 0 saturated heterocycles. The monoisotopic (exact) mass is 332 g/mol. The molecule has 3 aromatic rings. The van der Waals surface area contributed by atoms with Crippen molar-refractivity contribution in [3.63, 3.8) is 0 Å². The van der Waals surface area contributed by atoms with Gasteiger partial charge in [-0.3, -0.25) is 9.48 Å². The average molecular weight is 333 g/mol. The number of aldehydes is 1. The minimum atomic E-state index is 0.610. The van der Waals surface area contributed by atoms with E-state index in [0.717, 1.165) is 33.2 Å². The molecule has 0 unspecified atom stereocenters. The Kier molecular flexibility index (Phi) is 3.17. The maximum atomic E-state index is 11.2. The molecule has 3 aromatic heterocycles. The van der Waals surface area contributed by atoms with Gasteiger partial charge in [0, 0.05) is 30.4 Å². The Morgan fingerprint density at radius 1 is 1.45 bits per heavy atom. The van der Waals surface area contributed by atoms with E-state index in [1.54, 1.807) is 6.20 Å². The van der Waals surface area contributed by atoms with Crippen LogP contribution in [-0.4, -0.2) is 25.6 Å². The molecule has 0 radical (unpaired) electrons. The first-order chi connectivity index (χ1) is 9.61. The second-order valence-electron chi connectivity index (χ2n) is 4.67. The highest BCUT2D eigenvalue weighted by molar-refractivity contribution is 9.10. The van der Waals surface area contributed by atoms with Crippen LogP contribution in [0.15, 0.2) is 29.0 Å². The summed E-state index contributed by atoms with van der Waals surface area (Å²) in [5, 5.41) is 5.25. The SMILES string of the molecule is Cc1nn(C)c(Cn2cc(C=O)c3cccnc32)c1Br. The van der Waals surface area contributed by atoms with Crippen molar-refractivity contribution in [2.75, 3.05) is 0 Å². The first-order valence-electron chi connectivity index (χ1n) is 6.19. The minimum absolute atomic E-state index is 0.610. The highest BCUT2D eigenvalue weighted by Gasteiger charge is 2.14. The molecule has 0 atom stereocenters. The van der Waals surface area contributed by atoms with Crippen molar-refractivity contribution in [1.82, 2.24) is 19.3 Å². The zero-order valence-corrected chi connectivity index (χ0v) is 12.8. The van der Waals surface area contributed by atoms with Crippen molar-refractivity contribution in [1.29, 1.82) is 0 Å². The standard InChI is InChI=1S/C14H13BrN4O/c1-9-13(15)12(18(2)17-9)7-19-6-10(8-20)11-4-3-5-16-14(11)19/h3-6,8H,7H2,1-2H3. The Bertz CT molecular complexity index is 803. The van der Waals surface area contributed by atoms with E-state index in [1.807, 2.05) is 41.5 Å². The van der Waals surface area contributed by atoms with Gasteiger partial charge in [0.25, 0.3) is 0 Å². The number of rotatable bonds is 3. The first-order valence-corrected chi connectivity index (χ1v) is 6.98. The largest absolute Gasteiger partial charge is 0.326 e. The zero-order valence-electron chi connectivity index (χ0n) is 11.2. The molecular formula is C14H13BrN4O. The number of hydrogen-bond acceptors (Lipinski definition) is 3. The van der Waals surface area contributed by atoms with E-state index in [-0.39, 0.29) is 0 Å². The highest BCUT2D eigenvalue weighted by atomic mass is 79.9. The van der Waals surface area contributed by atoms with Gasteiger partial charge < -0.3 is 4.57 Å². The molecule has 0 N–H and O–H groups in total. The number of carbonyl (C=O) groups is 1. The molecule has 0 saturated carbocycles. The number of nitrogens with zero attached hydrogens (tertiary/aromatic N) is 4. The second kappa shape index (κ2) is 4.86. The van der Waals surface area contributed by atoms with E-state index in [4.69, 9.17) is 0 Å². The number of halogens is 1. The average Bonchev–Trinajstić information content (AvgIpc) is 2.92. The molecule has 0 fully saturated rings. The van der Waals surface area contributed by atoms with Gasteiger partial charge in [0.15, 0.2) is 6.29 Å². The maximum absolute atomic E-state index is 11.2. The van der Waals surface area contributed by atoms with Crippen LogP contribution < -0.4 is 0 Å². The Labute approximate surface area is 124 Å². The number of fused-ring (bicyclic) bond motifs is 1. The van der Waals surface area contributed by atoms with Crippen LogP contribution in [0.4, 0.5) is 0 Å². The smallest absolute Gasteiger partial charge is 0.152 e. The van der Waals surface area contributed by atoms with Crippen LogP contribution in [-0.2, 0) is 13.6 Å². The van der Waals surface area contributed by atoms with E-state index >= 15 is 0 Å². The fourth-order valence-corrected chi connectivity index (χ4v) is 2.84. The van der Waals surface area contributed by atoms with Crippen molar-refractivity contribution >= 4 is 33.2 Å². The molecule has 20 heavy (non-hydrogen) atoms. The summed E-state index contributed by atoms with van der Waals surface area (Å²) in [5.74, 6) is 0. The van der Waals surface area contributed by atoms with Gasteiger partial charge in [-0.2, -0.15) is 5.10 Å². The summed E-state index contributed by atoms with van der Waals surface area (Å²) >= 11 is 3.56. The summed E-state index contributed by atoms with van der Waals surface area (Å²) in [4.78, 5) is 15.5. The Morgan fingerprint density at radius 2 is 2.25 bits per heavy atom. The van der Waals surface area contributed by atoms with Gasteiger partial charge in [-0.15, -0.1) is 0 Å². The minimum Gasteiger partial charge on any atom is -0.326 e. The molecule has 6 heteroatoms. The number of aryl methyl sites for hydroxylation is 2. The van der Waals surface area contributed by atoms with Crippen LogP contribution in [0.2, 0.25) is 0 Å². The number of pyridine rings is 1. The normalized spacial score (nSPS) is 11.2. The Hall–Kier alpha value is -1.95. The molecule has 0 aliphatic rings. The van der Waals surface area contributed by atoms with Gasteiger partial charge in [0.05, 0.1) is 22.4 Å². The van der Waals surface area contributed by atoms with E-state index < -0.39 is 0 Å². The summed E-state index contributed by atoms with van der Waals surface area (Å²) in [6, 6.07) is 3.75. The third kappa shape index (κ3) is 1.96. The molecule has 3 heterocycles. The van der Waals surface area contributed by atoms with Crippen LogP contribution >= 0.6 is 15.9 Å². The fraction of sp³-hybridized carbons (Fsp3) is 0.214. The fourth-order valence-electron chi connectivity index (χ4n) is 2.38. The van der Waals surface area contributed by atoms with E-state index in [9.17, 15) is 4.79 Å². The van der Waals surface area contributed by atoms with Gasteiger partial charge in [-0.25, -0.2) is 4.98 Å². The molecule has 0 aliphatic heterocycles. The van der Waals surface area contributed by atoms with Crippen LogP contribution in [0.1, 0.15) is 21.7 Å². The lowest BCUT2D eigenvalue weighted by Crippen LogP contribution is -2.05. The Morgan fingerprint density at radius 3 is 2.90 bits per heavy atom. The second-order valence-corrected chi connectivity index (χ2v) is 5.47. The van der Waals surface area contributed by atoms with Crippen LogP contribution in [0, 0.1) is 6.92 Å². The first kappa shape index (κ1) is 13.1. The molecule has 5 nitrogen and oxygen atoms in total. The Balaban J connectivity index is 2.13. The molecule has 0 amide bonds. The van der Waals surface area contributed by atoms with Crippen LogP contribution in [0.25, 0.3) is 11.0 Å². The maximum Gasteiger partial charge on any atom is 0.152 e. The topological polar surface area (TPSA) is 52.7 Å². The van der Waals surface area contributed by atoms with Gasteiger partial charge in [-0.1, -0.05) is 0 Å². The van der Waals surface area contributed by atoms with Gasteiger partial charge in [0.1, 0.15) is 5.65 Å². The third-order valence-corrected chi connectivity index (χ3v) is 4.40. The molecular weight excluding hydrogens is 320 g/mol. The van der Waals surface area contributed by atoms with Crippen molar-refractivity contribution < 1.29 is 4.79 Å². The van der Waals surface area contributed by atoms with Crippen molar-refractivity contribution in [3.05, 3.63) is 46.0 Å². The molecule has 0 bridgehead atoms. The molecule has 0 spiro atoms. The number of hydrogen-bond donors (Lipinski definition) is 0. The molecule has 102 valence electrons. The molecule has 0 aliphatic carbocycles. The summed E-state index contributed by atoms with van der Waals surface area (Å²) in [6.07, 6.45) is 4.43. The highest BCUT2D eigenvalue weighted by Crippen LogP contribution is 2.24. The lowest BCUT2D eigenvalue weighted by Gasteiger charge is -2.06. The van der Waals surface area contributed by atoms with E-state index in [0.29, 0.717) is 12.1 Å². The quantitative estimate of drug-likeness (QED) is 0.693. The number of carbonyl (C=O) groups excluding carboxylic acids is 1. The van der Waals surface area contributed by atoms with Crippen molar-refractivity contribution in [3.8, 4) is 0 Å². The predicted octanol–water partition coefficient (Wildman–Crippen LogP) is 2.70. The molecule has 3 rings (SSSR count). The predicted molar refractivity (Wildman–Crippen MR) is 79.9 cm³/mol. The lowest BCUT2D eigenvalue weighted by atomic mass is 10.2. The van der Waals surface area contributed by atoms with Gasteiger partial charge in [0.2, 0.25) is 0 Å². The van der Waals surface area contributed by atoms with Crippen molar-refractivity contribution in [2.45, 2.75) is 13.5 Å². The van der Waals surface area contributed by atoms with E-state index in [2.05, 4.69) is 26.0 Å². The lowest BCUT2D eigenvalue weighted by molar-refractivity contribution is 0.112. The third-order valence-electron chi connectivity index (χ3n) is 3.37. The summed E-state index contributed by atoms with van der Waals surface area (Å²) in [6.45, 7) is 2.57. The van der Waals surface area contributed by atoms with Crippen molar-refractivity contribution in [2.24, 2.45) is 7.05 Å². The summed E-state index contributed by atoms with van der Waals surface area (Å²) < 4.78 is 4.81. The van der Waals surface area contributed by atoms with Crippen LogP contribution in [0.3, 0.4) is 0 Å². The zero-order chi connectivity index (χ0) is 14.3. The van der Waals surface area contributed by atoms with E-state index in [1.165, 1.54) is 0 Å². The summed E-state index contributed by atoms with van der Waals surface area (Å²) in [5.41, 5.74) is 3.45. The van der Waals surface area contributed by atoms with Gasteiger partial charge in [-0.05, 0) is 35.0 Å². The summed E-state index contributed by atoms with van der Waals surface area (Å²) in [7, 11) is 1.91. The van der Waals surface area contributed by atoms with Gasteiger partial charge >= 0.3 is 0 Å². The molecule has 0 aromatic carbocycles. The number of aromatic nitrogens is 4.